The maximum Gasteiger partial charge on any atom is 0.169 e. The van der Waals surface area contributed by atoms with Gasteiger partial charge in [0, 0.05) is 32.7 Å². The molecule has 2 aromatic rings. The molecule has 0 unspecified atom stereocenters. The van der Waals surface area contributed by atoms with E-state index in [1.165, 1.54) is 11.1 Å². The molecule has 1 aliphatic rings. The number of halogens is 1. The molecule has 0 saturated carbocycles. The van der Waals surface area contributed by atoms with E-state index in [0.717, 1.165) is 64.0 Å². The van der Waals surface area contributed by atoms with Crippen molar-refractivity contribution in [3.63, 3.8) is 0 Å². The lowest BCUT2D eigenvalue weighted by atomic mass is 10.2. The Balaban J connectivity index is 0.00000280. The van der Waals surface area contributed by atoms with Crippen LogP contribution in [0.1, 0.15) is 17.5 Å². The second kappa shape index (κ2) is 12.9. The molecular formula is C22H29BrN3OS-. The van der Waals surface area contributed by atoms with Gasteiger partial charge in [-0.3, -0.25) is 4.90 Å². The number of thiocarbonyl (C=S) groups is 1. The summed E-state index contributed by atoms with van der Waals surface area (Å²) in [6.45, 7) is 7.40. The molecule has 0 bridgehead atoms. The molecule has 1 fully saturated rings. The molecule has 2 aromatic carbocycles. The van der Waals surface area contributed by atoms with Gasteiger partial charge in [0.1, 0.15) is 0 Å². The van der Waals surface area contributed by atoms with Crippen LogP contribution in [0.3, 0.4) is 0 Å². The summed E-state index contributed by atoms with van der Waals surface area (Å²) in [5, 5.41) is 4.29. The van der Waals surface area contributed by atoms with Crippen LogP contribution in [0.4, 0.5) is 0 Å². The molecule has 0 atom stereocenters. The van der Waals surface area contributed by atoms with E-state index in [1.54, 1.807) is 0 Å². The summed E-state index contributed by atoms with van der Waals surface area (Å²) in [5.74, 6) is 0. The lowest BCUT2D eigenvalue weighted by Gasteiger charge is -2.28. The summed E-state index contributed by atoms with van der Waals surface area (Å²) in [4.78, 5) is 4.70. The van der Waals surface area contributed by atoms with Crippen LogP contribution in [0.2, 0.25) is 0 Å². The molecule has 0 aliphatic carbocycles. The fourth-order valence-electron chi connectivity index (χ4n) is 3.24. The minimum absolute atomic E-state index is 0. The molecule has 0 radical (unpaired) electrons. The van der Waals surface area contributed by atoms with Crippen LogP contribution in [0.5, 0.6) is 0 Å². The van der Waals surface area contributed by atoms with Gasteiger partial charge in [0.2, 0.25) is 0 Å². The maximum absolute atomic E-state index is 5.72. The van der Waals surface area contributed by atoms with E-state index in [-0.39, 0.29) is 17.0 Å². The Morgan fingerprint density at radius 2 is 1.46 bits per heavy atom. The fraction of sp³-hybridized carbons (Fsp3) is 0.409. The van der Waals surface area contributed by atoms with Gasteiger partial charge in [-0.15, -0.1) is 0 Å². The summed E-state index contributed by atoms with van der Waals surface area (Å²) in [6.07, 6.45) is 1.09. The van der Waals surface area contributed by atoms with E-state index < -0.39 is 0 Å². The van der Waals surface area contributed by atoms with Gasteiger partial charge in [0.15, 0.2) is 5.11 Å². The van der Waals surface area contributed by atoms with Crippen molar-refractivity contribution in [2.75, 3.05) is 39.4 Å². The first-order valence-electron chi connectivity index (χ1n) is 9.72. The monoisotopic (exact) mass is 462 g/mol. The van der Waals surface area contributed by atoms with E-state index in [2.05, 4.69) is 63.6 Å². The van der Waals surface area contributed by atoms with E-state index in [0.29, 0.717) is 0 Å². The van der Waals surface area contributed by atoms with Gasteiger partial charge in [-0.25, -0.2) is 0 Å². The van der Waals surface area contributed by atoms with Gasteiger partial charge < -0.3 is 31.9 Å². The molecule has 0 amide bonds. The van der Waals surface area contributed by atoms with Crippen LogP contribution in [-0.4, -0.2) is 54.3 Å². The topological polar surface area (TPSA) is 27.7 Å². The summed E-state index contributed by atoms with van der Waals surface area (Å²) < 4.78 is 5.40. The van der Waals surface area contributed by atoms with E-state index in [4.69, 9.17) is 17.0 Å². The van der Waals surface area contributed by atoms with Crippen molar-refractivity contribution in [3.05, 3.63) is 71.8 Å². The Hall–Kier alpha value is -1.47. The van der Waals surface area contributed by atoms with Crippen LogP contribution >= 0.6 is 12.2 Å². The SMILES string of the molecule is S=C(NCCCN1CCOCC1)N(Cc1ccccc1)Cc1ccccc1.[Br-]. The number of hydrogen-bond acceptors (Lipinski definition) is 3. The van der Waals surface area contributed by atoms with Gasteiger partial charge in [-0.05, 0) is 36.3 Å². The maximum atomic E-state index is 5.72. The second-order valence-electron chi connectivity index (χ2n) is 6.87. The highest BCUT2D eigenvalue weighted by Gasteiger charge is 2.12. The predicted octanol–water partition coefficient (Wildman–Crippen LogP) is 0.290. The molecule has 1 N–H and O–H groups in total. The number of morpholine rings is 1. The summed E-state index contributed by atoms with van der Waals surface area (Å²) in [5.41, 5.74) is 2.54. The molecule has 6 heteroatoms. The largest absolute Gasteiger partial charge is 1.00 e. The standard InChI is InChI=1S/C22H29N3OS.BrH/c27-22(23-12-7-13-24-14-16-26-17-15-24)25(18-20-8-3-1-4-9-20)19-21-10-5-2-6-11-21;/h1-6,8-11H,7,12-19H2,(H,23,27);1H/p-1. The molecule has 28 heavy (non-hydrogen) atoms. The normalized spacial score (nSPS) is 14.1. The third-order valence-corrected chi connectivity index (χ3v) is 5.15. The van der Waals surface area contributed by atoms with Crippen molar-refractivity contribution in [3.8, 4) is 0 Å². The number of rotatable bonds is 8. The van der Waals surface area contributed by atoms with Crippen molar-refractivity contribution < 1.29 is 21.7 Å². The predicted molar refractivity (Wildman–Crippen MR) is 115 cm³/mol. The first-order valence-corrected chi connectivity index (χ1v) is 10.1. The second-order valence-corrected chi connectivity index (χ2v) is 7.25. The average Bonchev–Trinajstić information content (AvgIpc) is 2.73. The first kappa shape index (κ1) is 22.8. The van der Waals surface area contributed by atoms with E-state index >= 15 is 0 Å². The highest BCUT2D eigenvalue weighted by atomic mass is 79.9. The van der Waals surface area contributed by atoms with E-state index in [1.807, 2.05) is 12.1 Å². The number of nitrogens with zero attached hydrogens (tertiary/aromatic N) is 2. The molecule has 4 nitrogen and oxygen atoms in total. The van der Waals surface area contributed by atoms with Crippen molar-refractivity contribution >= 4 is 17.3 Å². The zero-order valence-corrected chi connectivity index (χ0v) is 18.6. The first-order chi connectivity index (χ1) is 13.3. The minimum atomic E-state index is 0. The van der Waals surface area contributed by atoms with Crippen molar-refractivity contribution in [2.24, 2.45) is 0 Å². The summed E-state index contributed by atoms with van der Waals surface area (Å²) in [6, 6.07) is 21.0. The van der Waals surface area contributed by atoms with Crippen molar-refractivity contribution in [1.29, 1.82) is 0 Å². The quantitative estimate of drug-likeness (QED) is 0.449. The highest BCUT2D eigenvalue weighted by Crippen LogP contribution is 2.10. The Morgan fingerprint density at radius 3 is 2.00 bits per heavy atom. The van der Waals surface area contributed by atoms with Crippen molar-refractivity contribution in [1.82, 2.24) is 15.1 Å². The van der Waals surface area contributed by atoms with Crippen LogP contribution in [0.25, 0.3) is 0 Å². The van der Waals surface area contributed by atoms with E-state index in [9.17, 15) is 0 Å². The highest BCUT2D eigenvalue weighted by molar-refractivity contribution is 7.80. The number of benzene rings is 2. The molecule has 1 saturated heterocycles. The molecule has 0 aromatic heterocycles. The van der Waals surface area contributed by atoms with Gasteiger partial charge >= 0.3 is 0 Å². The number of nitrogens with one attached hydrogen (secondary N) is 1. The zero-order valence-electron chi connectivity index (χ0n) is 16.2. The third kappa shape index (κ3) is 7.87. The van der Waals surface area contributed by atoms with Gasteiger partial charge in [0.25, 0.3) is 0 Å². The van der Waals surface area contributed by atoms with Crippen LogP contribution < -0.4 is 22.3 Å². The number of ether oxygens (including phenoxy) is 1. The average molecular weight is 463 g/mol. The molecule has 0 spiro atoms. The lowest BCUT2D eigenvalue weighted by Crippen LogP contribution is -3.00. The fourth-order valence-corrected chi connectivity index (χ4v) is 3.47. The van der Waals surface area contributed by atoms with Gasteiger partial charge in [-0.2, -0.15) is 0 Å². The third-order valence-electron chi connectivity index (χ3n) is 4.75. The van der Waals surface area contributed by atoms with Gasteiger partial charge in [-0.1, -0.05) is 60.7 Å². The van der Waals surface area contributed by atoms with Crippen LogP contribution in [-0.2, 0) is 17.8 Å². The molecule has 152 valence electrons. The summed E-state index contributed by atoms with van der Waals surface area (Å²) >= 11 is 5.72. The molecule has 3 rings (SSSR count). The Bertz CT molecular complexity index is 639. The van der Waals surface area contributed by atoms with Gasteiger partial charge in [0.05, 0.1) is 13.2 Å². The summed E-state index contributed by atoms with van der Waals surface area (Å²) in [7, 11) is 0. The zero-order chi connectivity index (χ0) is 18.7. The number of hydrogen-bond donors (Lipinski definition) is 1. The molecular weight excluding hydrogens is 434 g/mol. The van der Waals surface area contributed by atoms with Crippen molar-refractivity contribution in [2.45, 2.75) is 19.5 Å². The Labute approximate surface area is 184 Å². The molecule has 1 aliphatic heterocycles. The van der Waals surface area contributed by atoms with Crippen LogP contribution in [0.15, 0.2) is 60.7 Å². The lowest BCUT2D eigenvalue weighted by molar-refractivity contribution is -0.00000693. The van der Waals surface area contributed by atoms with Crippen LogP contribution in [0, 0.1) is 0 Å². The Kier molecular flexibility index (Phi) is 10.5. The molecule has 1 heterocycles. The Morgan fingerprint density at radius 1 is 0.929 bits per heavy atom. The minimum Gasteiger partial charge on any atom is -1.00 e. The smallest absolute Gasteiger partial charge is 0.169 e.